The molecule has 3 aromatic carbocycles. The van der Waals surface area contributed by atoms with Crippen molar-refractivity contribution in [2.24, 2.45) is 0 Å². The number of aliphatic carboxylic acids is 2. The number of nitrogens with one attached hydrogen (secondary N) is 4. The number of ether oxygens (including phenoxy) is 2. The number of hydrogen-bond donors (Lipinski definition) is 7. The molecule has 3 saturated heterocycles. The first-order chi connectivity index (χ1) is 38.5. The van der Waals surface area contributed by atoms with E-state index in [0.717, 1.165) is 19.6 Å². The number of ketones is 2. The van der Waals surface area contributed by atoms with Crippen LogP contribution in [0.5, 0.6) is 0 Å². The van der Waals surface area contributed by atoms with Crippen LogP contribution < -0.4 is 22.1 Å². The van der Waals surface area contributed by atoms with E-state index in [4.69, 9.17) is 36.1 Å². The van der Waals surface area contributed by atoms with Gasteiger partial charge in [0.05, 0.1) is 28.3 Å². The second kappa shape index (κ2) is 36.3. The van der Waals surface area contributed by atoms with Gasteiger partial charge in [-0.1, -0.05) is 113 Å². The molecule has 0 radical (unpaired) electrons. The number of Topliss-reactive ketones (excluding diaryl/α,β-unsaturated/α-hetero) is 2. The van der Waals surface area contributed by atoms with E-state index in [1.54, 1.807) is 30.5 Å². The van der Waals surface area contributed by atoms with E-state index in [1.807, 2.05) is 0 Å². The maximum absolute atomic E-state index is 14.1. The number of aromatic amines is 1. The molecule has 3 fully saturated rings. The molecule has 4 aromatic rings. The summed E-state index contributed by atoms with van der Waals surface area (Å²) in [6, 6.07) is 14.8. The Morgan fingerprint density at radius 1 is 0.723 bits per heavy atom. The van der Waals surface area contributed by atoms with Gasteiger partial charge in [-0.05, 0) is 99.2 Å². The van der Waals surface area contributed by atoms with Crippen molar-refractivity contribution in [2.45, 2.75) is 107 Å². The predicted octanol–water partition coefficient (Wildman–Crippen LogP) is 12.5. The largest absolute Gasteiger partial charge is 0.481 e. The van der Waals surface area contributed by atoms with Crippen molar-refractivity contribution in [2.75, 3.05) is 24.6 Å². The Balaban J connectivity index is 0.000000530. The summed E-state index contributed by atoms with van der Waals surface area (Å²) >= 11 is 17.7. The monoisotopic (exact) mass is 1450 g/mol. The lowest BCUT2D eigenvalue weighted by molar-refractivity contribution is -0.150. The Hall–Kier alpha value is -5.61. The number of benzene rings is 3. The summed E-state index contributed by atoms with van der Waals surface area (Å²) in [6.07, 6.45) is 9.67. The van der Waals surface area contributed by atoms with Gasteiger partial charge in [0.15, 0.2) is 12.4 Å². The zero-order valence-corrected chi connectivity index (χ0v) is 54.3. The number of hydrogen-bond acceptors (Lipinski definition) is 12. The van der Waals surface area contributed by atoms with Crippen molar-refractivity contribution in [3.63, 3.8) is 0 Å². The van der Waals surface area contributed by atoms with Crippen LogP contribution in [0.25, 0.3) is 11.3 Å². The van der Waals surface area contributed by atoms with Crippen molar-refractivity contribution in [3.05, 3.63) is 147 Å². The Bertz CT molecular complexity index is 2950. The fourth-order valence-electron chi connectivity index (χ4n) is 7.81. The summed E-state index contributed by atoms with van der Waals surface area (Å²) in [7, 11) is -0.878. The van der Waals surface area contributed by atoms with Gasteiger partial charge in [0.1, 0.15) is 46.0 Å². The average molecular weight is 1460 g/mol. The van der Waals surface area contributed by atoms with E-state index in [1.165, 1.54) is 48.5 Å². The fraction of sp³-hybridized carbons (Fsp3) is 0.375. The number of H-pyrrole nitrogens is 1. The first kappa shape index (κ1) is 75.4. The quantitative estimate of drug-likeness (QED) is 0.0115. The van der Waals surface area contributed by atoms with Gasteiger partial charge < -0.3 is 46.8 Å². The molecule has 4 heterocycles. The standard InChI is InChI=1S/C16H15BrFN3O.C16H15BrFNO4.C8H5Br2FO.C8H11NO3.C6H15ClOSi.C2H4O2.H3N/c1-2-6-16(7-5-14(22)21-16)15-19-9-13(20-15)11-4-3-10(17)8-12(11)18;1-2-6-16(7-5-14(21)19-16)15(22)23-9-13(20)11-4-3-10(17)8-12(11)18;9-4-8(12)6-2-1-5(10)3-7(6)11;1-2-4-8(7(11)12)5-3-6(10)9-8;1-9(2,3)5-4-8-6-7;1-2(3)4;/h2-4,8-9H,1,5-7H2,(H,19,20)(H,21,22);2-4,8H,1,5-7,9H2,(H,19,21);1-3H,4H2;2H,1,3-5H2,(H,9,10)(H,11,12);4-6H2,1-3H3;1H3,(H,3,4);1H3/t2*16-;;8-;;;/m00.0.../s1. The molecular formula is C56H68Br4ClF3N6O12Si. The Kier molecular flexibility index (Phi) is 33.0. The third kappa shape index (κ3) is 24.9. The molecule has 0 unspecified atom stereocenters. The third-order valence-corrected chi connectivity index (χ3v) is 15.8. The number of carboxylic acid groups (broad SMARTS) is 2. The Labute approximate surface area is 519 Å². The van der Waals surface area contributed by atoms with E-state index in [0.29, 0.717) is 68.7 Å². The van der Waals surface area contributed by atoms with E-state index < -0.39 is 66.6 Å². The molecule has 9 N–H and O–H groups in total. The van der Waals surface area contributed by atoms with Crippen molar-refractivity contribution < 1.29 is 71.2 Å². The van der Waals surface area contributed by atoms with Crippen LogP contribution in [-0.4, -0.2) is 111 Å². The van der Waals surface area contributed by atoms with Crippen LogP contribution in [0.3, 0.4) is 0 Å². The van der Waals surface area contributed by atoms with E-state index in [2.05, 4.69) is 129 Å². The molecule has 83 heavy (non-hydrogen) atoms. The number of nitrogens with zero attached hydrogens (tertiary/aromatic N) is 1. The first-order valence-electron chi connectivity index (χ1n) is 25.0. The number of carbonyl (C=O) groups excluding carboxylic acids is 6. The topological polar surface area (TPSA) is 295 Å². The zero-order valence-electron chi connectivity index (χ0n) is 46.2. The number of carboxylic acids is 2. The summed E-state index contributed by atoms with van der Waals surface area (Å²) in [4.78, 5) is 96.4. The highest BCUT2D eigenvalue weighted by Gasteiger charge is 2.46. The van der Waals surface area contributed by atoms with Crippen LogP contribution in [0.4, 0.5) is 13.2 Å². The molecule has 1 aromatic heterocycles. The molecule has 0 spiro atoms. The van der Waals surface area contributed by atoms with Crippen molar-refractivity contribution in [3.8, 4) is 11.3 Å². The lowest BCUT2D eigenvalue weighted by atomic mass is 9.92. The van der Waals surface area contributed by atoms with E-state index in [9.17, 15) is 46.7 Å². The fourth-order valence-corrected chi connectivity index (χ4v) is 9.97. The summed E-state index contributed by atoms with van der Waals surface area (Å²) in [5.74, 6) is -4.77. The van der Waals surface area contributed by atoms with Gasteiger partial charge in [-0.15, -0.1) is 19.7 Å². The average Bonchev–Trinajstić information content (AvgIpc) is 4.28. The molecule has 0 bridgehead atoms. The summed E-state index contributed by atoms with van der Waals surface area (Å²) in [5.41, 5.74) is -1.84. The van der Waals surface area contributed by atoms with Gasteiger partial charge in [0.2, 0.25) is 23.5 Å². The summed E-state index contributed by atoms with van der Waals surface area (Å²) in [5, 5.41) is 24.4. The predicted molar refractivity (Wildman–Crippen MR) is 328 cm³/mol. The molecule has 0 aliphatic carbocycles. The van der Waals surface area contributed by atoms with Crippen LogP contribution in [-0.2, 0) is 43.8 Å². The molecule has 18 nitrogen and oxygen atoms in total. The number of alkyl halides is 2. The molecular weight excluding hydrogens is 1390 g/mol. The maximum Gasteiger partial charge on any atom is 0.332 e. The highest BCUT2D eigenvalue weighted by molar-refractivity contribution is 9.11. The molecule has 3 amide bonds. The molecule has 3 aliphatic heterocycles. The minimum absolute atomic E-state index is 0. The molecule has 3 atom stereocenters. The van der Waals surface area contributed by atoms with Crippen molar-refractivity contribution in [1.82, 2.24) is 32.1 Å². The lowest BCUT2D eigenvalue weighted by Crippen LogP contribution is -2.49. The van der Waals surface area contributed by atoms with Gasteiger partial charge in [-0.2, -0.15) is 0 Å². The normalized spacial score (nSPS) is 18.2. The molecule has 7 rings (SSSR count). The van der Waals surface area contributed by atoms with E-state index >= 15 is 0 Å². The minimum atomic E-state index is -1.18. The van der Waals surface area contributed by atoms with Crippen LogP contribution in [0.2, 0.25) is 25.7 Å². The maximum atomic E-state index is 14.1. The van der Waals surface area contributed by atoms with Gasteiger partial charge in [-0.3, -0.25) is 28.8 Å². The highest BCUT2D eigenvalue weighted by atomic mass is 79.9. The molecule has 27 heteroatoms. The van der Waals surface area contributed by atoms with Gasteiger partial charge in [0.25, 0.3) is 5.97 Å². The zero-order chi connectivity index (χ0) is 62.0. The number of amides is 3. The van der Waals surface area contributed by atoms with Crippen LogP contribution in [0.1, 0.15) is 91.3 Å². The van der Waals surface area contributed by atoms with Crippen LogP contribution in [0.15, 0.2) is 112 Å². The number of carbonyl (C=O) groups is 8. The van der Waals surface area contributed by atoms with Crippen molar-refractivity contribution >= 4 is 131 Å². The minimum Gasteiger partial charge on any atom is -0.481 e. The number of imidazole rings is 1. The third-order valence-electron chi connectivity index (χ3n) is 12.0. The number of esters is 1. The second-order valence-corrected chi connectivity index (χ2v) is 28.7. The Morgan fingerprint density at radius 3 is 1.59 bits per heavy atom. The SMILES string of the molecule is C=CC[C@@]1(C(=O)O)CCC(=O)N1.C=CC[C@@]1(C(=O)OCC(=O)c2ccc(Br)cc2F)CCC(=O)N1.C=CC[C@@]1(c2ncc(-c3ccc(Br)cc3F)[nH]2)CCC(=O)N1.CC(=O)O.C[Si](C)(C)CCOCCl.N.O=C(CBr)c1ccc(Br)cc1F. The first-order valence-corrected chi connectivity index (χ1v) is 32.7. The number of aromatic nitrogens is 2. The second-order valence-electron chi connectivity index (χ2n) is 19.6. The van der Waals surface area contributed by atoms with Gasteiger partial charge in [-0.25, -0.2) is 27.7 Å². The molecule has 454 valence electrons. The van der Waals surface area contributed by atoms with Crippen LogP contribution >= 0.6 is 75.3 Å². The van der Waals surface area contributed by atoms with Crippen LogP contribution in [0, 0.1) is 17.5 Å². The molecule has 0 saturated carbocycles. The van der Waals surface area contributed by atoms with E-state index in [-0.39, 0.29) is 77.6 Å². The lowest BCUT2D eigenvalue weighted by Gasteiger charge is -2.25. The Morgan fingerprint density at radius 2 is 1.18 bits per heavy atom. The van der Waals surface area contributed by atoms with Crippen molar-refractivity contribution in [1.29, 1.82) is 0 Å². The molecule has 3 aliphatic rings. The van der Waals surface area contributed by atoms with Gasteiger partial charge in [0, 0.05) is 59.8 Å². The smallest absolute Gasteiger partial charge is 0.332 e. The summed E-state index contributed by atoms with van der Waals surface area (Å²) < 4.78 is 52.6. The highest BCUT2D eigenvalue weighted by Crippen LogP contribution is 2.35. The number of halogens is 8. The van der Waals surface area contributed by atoms with Gasteiger partial charge >= 0.3 is 11.9 Å². The number of rotatable bonds is 19. The summed E-state index contributed by atoms with van der Waals surface area (Å²) in [6.45, 7) is 19.1.